The van der Waals surface area contributed by atoms with Gasteiger partial charge in [-0.3, -0.25) is 19.8 Å². The Balaban J connectivity index is 1.03. The third-order valence-corrected chi connectivity index (χ3v) is 10.9. The van der Waals surface area contributed by atoms with Gasteiger partial charge in [0.05, 0.1) is 16.4 Å². The van der Waals surface area contributed by atoms with Crippen molar-refractivity contribution in [3.63, 3.8) is 0 Å². The van der Waals surface area contributed by atoms with Crippen LogP contribution in [0.25, 0.3) is 11.1 Å². The summed E-state index contributed by atoms with van der Waals surface area (Å²) in [5, 5.41) is 11.8. The number of carbonyl (C=O) groups is 1. The summed E-state index contributed by atoms with van der Waals surface area (Å²) in [5.41, 5.74) is 4.39. The fraction of sp³-hybridized carbons (Fsp3) is 0.342. The van der Waals surface area contributed by atoms with Gasteiger partial charge >= 0.3 is 5.69 Å². The third-order valence-electron chi connectivity index (χ3n) is 9.54. The first-order valence-electron chi connectivity index (χ1n) is 17.0. The van der Waals surface area contributed by atoms with Crippen LogP contribution < -0.4 is 14.4 Å². The molecule has 6 rings (SSSR count). The fourth-order valence-electron chi connectivity index (χ4n) is 6.77. The van der Waals surface area contributed by atoms with Crippen molar-refractivity contribution in [2.75, 3.05) is 37.7 Å². The lowest BCUT2D eigenvalue weighted by Gasteiger charge is -2.36. The number of nitrogens with zero attached hydrogens (tertiary/aromatic N) is 3. The van der Waals surface area contributed by atoms with Gasteiger partial charge < -0.3 is 9.64 Å². The summed E-state index contributed by atoms with van der Waals surface area (Å²) in [4.78, 5) is 28.4. The smallest absolute Gasteiger partial charge is 0.312 e. The summed E-state index contributed by atoms with van der Waals surface area (Å²) in [7, 11) is -4.38. The van der Waals surface area contributed by atoms with Gasteiger partial charge in [0, 0.05) is 50.0 Å². The Morgan fingerprint density at radius 1 is 0.857 bits per heavy atom. The van der Waals surface area contributed by atoms with Crippen LogP contribution in [0.4, 0.5) is 11.4 Å². The summed E-state index contributed by atoms with van der Waals surface area (Å²) in [6.45, 7) is 4.55. The van der Waals surface area contributed by atoms with Crippen molar-refractivity contribution < 1.29 is 22.9 Å². The standard InChI is InChI=1S/C38H42N4O6S/c43-38(39-49(46,47)34-19-20-37(36(27-34)42(44)45)48-26-21-29-9-3-1-4-10-29)31-15-17-33(18-16-31)41-24-22-40(23-25-41)28-32-13-7-8-14-35(32)30-11-5-2-6-12-30/h2,5-8,11-20,27,29H,1,3-4,9-10,21-26,28H2,(H,39,43). The van der Waals surface area contributed by atoms with E-state index in [-0.39, 0.29) is 16.2 Å². The van der Waals surface area contributed by atoms with Crippen molar-refractivity contribution in [2.24, 2.45) is 5.92 Å². The molecule has 1 heterocycles. The summed E-state index contributed by atoms with van der Waals surface area (Å²) < 4.78 is 33.9. The number of piperazine rings is 1. The molecule has 10 nitrogen and oxygen atoms in total. The molecular weight excluding hydrogens is 641 g/mol. The fourth-order valence-corrected chi connectivity index (χ4v) is 7.76. The lowest BCUT2D eigenvalue weighted by Crippen LogP contribution is -2.46. The minimum absolute atomic E-state index is 0.0134. The van der Waals surface area contributed by atoms with Crippen molar-refractivity contribution >= 4 is 27.3 Å². The zero-order chi connectivity index (χ0) is 34.2. The number of nitro groups is 1. The van der Waals surface area contributed by atoms with E-state index in [9.17, 15) is 23.3 Å². The number of nitro benzene ring substituents is 1. The average Bonchev–Trinajstić information content (AvgIpc) is 3.13. The minimum Gasteiger partial charge on any atom is -0.487 e. The first-order chi connectivity index (χ1) is 23.8. The minimum atomic E-state index is -4.38. The van der Waals surface area contributed by atoms with Crippen molar-refractivity contribution in [3.8, 4) is 16.9 Å². The number of hydrogen-bond acceptors (Lipinski definition) is 8. The maximum atomic E-state index is 13.1. The van der Waals surface area contributed by atoms with Crippen LogP contribution in [0.15, 0.2) is 102 Å². The lowest BCUT2D eigenvalue weighted by molar-refractivity contribution is -0.386. The van der Waals surface area contributed by atoms with Crippen molar-refractivity contribution in [1.29, 1.82) is 0 Å². The maximum Gasteiger partial charge on any atom is 0.312 e. The van der Waals surface area contributed by atoms with E-state index in [0.29, 0.717) is 12.5 Å². The van der Waals surface area contributed by atoms with Gasteiger partial charge in [0.25, 0.3) is 15.9 Å². The van der Waals surface area contributed by atoms with Crippen LogP contribution in [0.2, 0.25) is 0 Å². The van der Waals surface area contributed by atoms with Gasteiger partial charge in [0.1, 0.15) is 0 Å². The molecule has 0 unspecified atom stereocenters. The Morgan fingerprint density at radius 2 is 1.55 bits per heavy atom. The van der Waals surface area contributed by atoms with Crippen LogP contribution in [0.1, 0.15) is 54.4 Å². The molecule has 0 aromatic heterocycles. The molecule has 4 aromatic carbocycles. The van der Waals surface area contributed by atoms with E-state index < -0.39 is 26.5 Å². The van der Waals surface area contributed by atoms with Crippen LogP contribution in [0.5, 0.6) is 5.75 Å². The Hall–Kier alpha value is -4.74. The Labute approximate surface area is 287 Å². The quantitative estimate of drug-likeness (QED) is 0.125. The Bertz CT molecular complexity index is 1850. The van der Waals surface area contributed by atoms with Gasteiger partial charge in [0.2, 0.25) is 0 Å². The largest absolute Gasteiger partial charge is 0.487 e. The molecule has 0 atom stereocenters. The molecule has 49 heavy (non-hydrogen) atoms. The van der Waals surface area contributed by atoms with E-state index in [1.54, 1.807) is 12.1 Å². The van der Waals surface area contributed by atoms with Gasteiger partial charge in [0.15, 0.2) is 5.75 Å². The molecule has 1 aliphatic heterocycles. The molecule has 11 heteroatoms. The Morgan fingerprint density at radius 3 is 2.27 bits per heavy atom. The van der Waals surface area contributed by atoms with E-state index in [1.165, 1.54) is 48.1 Å². The molecular formula is C38H42N4O6S. The van der Waals surface area contributed by atoms with Gasteiger partial charge in [-0.05, 0) is 65.4 Å². The third kappa shape index (κ3) is 8.65. The number of benzene rings is 4. The summed E-state index contributed by atoms with van der Waals surface area (Å²) >= 11 is 0. The van der Waals surface area contributed by atoms with Crippen molar-refractivity contribution in [2.45, 2.75) is 50.0 Å². The predicted molar refractivity (Wildman–Crippen MR) is 190 cm³/mol. The number of ether oxygens (including phenoxy) is 1. The van der Waals surface area contributed by atoms with Gasteiger partial charge in [-0.25, -0.2) is 13.1 Å². The Kier molecular flexibility index (Phi) is 10.9. The van der Waals surface area contributed by atoms with E-state index in [4.69, 9.17) is 4.74 Å². The molecule has 0 bridgehead atoms. The van der Waals surface area contributed by atoms with E-state index in [0.717, 1.165) is 63.7 Å². The first-order valence-corrected chi connectivity index (χ1v) is 18.4. The number of carbonyl (C=O) groups excluding carboxylic acids is 1. The molecule has 1 amide bonds. The highest BCUT2D eigenvalue weighted by Gasteiger charge is 2.25. The summed E-state index contributed by atoms with van der Waals surface area (Å²) in [6, 6.07) is 29.2. The molecule has 0 spiro atoms. The molecule has 1 saturated heterocycles. The number of hydrogen-bond donors (Lipinski definition) is 1. The predicted octanol–water partition coefficient (Wildman–Crippen LogP) is 7.05. The maximum absolute atomic E-state index is 13.1. The number of amides is 1. The SMILES string of the molecule is O=C(NS(=O)(=O)c1ccc(OCCC2CCCCC2)c([N+](=O)[O-])c1)c1ccc(N2CCN(Cc3ccccc3-c3ccccc3)CC2)cc1. The summed E-state index contributed by atoms with van der Waals surface area (Å²) in [6.07, 6.45) is 6.69. The van der Waals surface area contributed by atoms with Gasteiger partial charge in [-0.15, -0.1) is 0 Å². The molecule has 2 aliphatic rings. The second kappa shape index (κ2) is 15.7. The molecule has 1 N–H and O–H groups in total. The highest BCUT2D eigenvalue weighted by atomic mass is 32.2. The topological polar surface area (TPSA) is 122 Å². The highest BCUT2D eigenvalue weighted by Crippen LogP contribution is 2.32. The van der Waals surface area contributed by atoms with E-state index in [1.807, 2.05) is 18.2 Å². The molecule has 4 aromatic rings. The molecule has 0 radical (unpaired) electrons. The van der Waals surface area contributed by atoms with Crippen molar-refractivity contribution in [1.82, 2.24) is 9.62 Å². The van der Waals surface area contributed by atoms with Gasteiger partial charge in [-0.2, -0.15) is 0 Å². The number of sulfonamides is 1. The molecule has 2 fully saturated rings. The highest BCUT2D eigenvalue weighted by molar-refractivity contribution is 7.90. The molecule has 256 valence electrons. The first kappa shape index (κ1) is 34.1. The molecule has 1 aliphatic carbocycles. The normalized spacial score (nSPS) is 15.9. The second-order valence-corrected chi connectivity index (χ2v) is 14.5. The monoisotopic (exact) mass is 682 g/mol. The van der Waals surface area contributed by atoms with Crippen molar-refractivity contribution in [3.05, 3.63) is 118 Å². The van der Waals surface area contributed by atoms with Crippen LogP contribution >= 0.6 is 0 Å². The van der Waals surface area contributed by atoms with E-state index in [2.05, 4.69) is 63.1 Å². The van der Waals surface area contributed by atoms with Crippen LogP contribution in [-0.4, -0.2) is 56.9 Å². The molecule has 1 saturated carbocycles. The zero-order valence-corrected chi connectivity index (χ0v) is 28.3. The zero-order valence-electron chi connectivity index (χ0n) is 27.5. The lowest BCUT2D eigenvalue weighted by atomic mass is 9.87. The van der Waals surface area contributed by atoms with Crippen LogP contribution in [0, 0.1) is 16.0 Å². The number of nitrogens with one attached hydrogen (secondary N) is 1. The number of anilines is 1. The summed E-state index contributed by atoms with van der Waals surface area (Å²) in [5.74, 6) is -0.260. The second-order valence-electron chi connectivity index (χ2n) is 12.8. The van der Waals surface area contributed by atoms with Gasteiger partial charge in [-0.1, -0.05) is 86.7 Å². The van der Waals surface area contributed by atoms with E-state index >= 15 is 0 Å². The van der Waals surface area contributed by atoms with Crippen LogP contribution in [-0.2, 0) is 16.6 Å². The number of rotatable bonds is 12. The average molecular weight is 683 g/mol. The van der Waals surface area contributed by atoms with Crippen LogP contribution in [0.3, 0.4) is 0 Å².